The minimum absolute atomic E-state index is 0.0116. The summed E-state index contributed by atoms with van der Waals surface area (Å²) >= 11 is 0. The third-order valence-corrected chi connectivity index (χ3v) is 4.15. The zero-order valence-corrected chi connectivity index (χ0v) is 13.0. The van der Waals surface area contributed by atoms with Crippen molar-refractivity contribution in [2.24, 2.45) is 5.92 Å². The normalized spacial score (nSPS) is 15.7. The van der Waals surface area contributed by atoms with Crippen molar-refractivity contribution in [2.75, 3.05) is 6.54 Å². The molecule has 1 aromatic heterocycles. The van der Waals surface area contributed by atoms with Crippen molar-refractivity contribution in [1.82, 2.24) is 4.90 Å². The van der Waals surface area contributed by atoms with Crippen molar-refractivity contribution in [3.63, 3.8) is 0 Å². The maximum absolute atomic E-state index is 12.8. The van der Waals surface area contributed by atoms with Gasteiger partial charge < -0.3 is 14.4 Å². The molecule has 1 unspecified atom stereocenters. The average Bonchev–Trinajstić information content (AvgIpc) is 3.27. The van der Waals surface area contributed by atoms with Crippen molar-refractivity contribution in [1.29, 1.82) is 0 Å². The van der Waals surface area contributed by atoms with Crippen molar-refractivity contribution >= 4 is 5.91 Å². The zero-order valence-electron chi connectivity index (χ0n) is 13.0. The second-order valence-corrected chi connectivity index (χ2v) is 5.88. The lowest BCUT2D eigenvalue weighted by atomic mass is 10.0. The van der Waals surface area contributed by atoms with Crippen LogP contribution in [0.3, 0.4) is 0 Å². The van der Waals surface area contributed by atoms with Gasteiger partial charge in [0.05, 0.1) is 12.8 Å². The maximum Gasteiger partial charge on any atom is 0.226 e. The Balaban J connectivity index is 1.73. The molecule has 0 radical (unpaired) electrons. The highest BCUT2D eigenvalue weighted by molar-refractivity contribution is 5.79. The molecular weight excluding hydrogens is 290 g/mol. The van der Waals surface area contributed by atoms with Gasteiger partial charge in [0, 0.05) is 12.5 Å². The van der Waals surface area contributed by atoms with Crippen LogP contribution in [0, 0.1) is 5.92 Å². The van der Waals surface area contributed by atoms with Gasteiger partial charge in [0.1, 0.15) is 11.9 Å². The maximum atomic E-state index is 12.8. The standard InChI is InChI=1S/C19H21NO3/c21-17(18-11-6-12-23-18)14-20(13-15-7-2-1-3-8-15)19(22)16-9-4-5-10-16/h1-8,11-12,16-17,21H,9-10,13-14H2. The number of rotatable bonds is 6. The number of aliphatic hydroxyl groups is 1. The number of carbonyl (C=O) groups excluding carboxylic acids is 1. The lowest BCUT2D eigenvalue weighted by molar-refractivity contribution is -0.137. The summed E-state index contributed by atoms with van der Waals surface area (Å²) in [4.78, 5) is 14.5. The fourth-order valence-electron chi connectivity index (χ4n) is 2.89. The first-order valence-corrected chi connectivity index (χ1v) is 7.93. The Bertz CT molecular complexity index is 641. The number of allylic oxidation sites excluding steroid dienone is 2. The van der Waals surface area contributed by atoms with E-state index in [0.717, 1.165) is 18.4 Å². The van der Waals surface area contributed by atoms with Crippen LogP contribution in [-0.2, 0) is 11.3 Å². The molecule has 1 heterocycles. The smallest absolute Gasteiger partial charge is 0.226 e. The van der Waals surface area contributed by atoms with E-state index in [9.17, 15) is 9.90 Å². The molecule has 4 nitrogen and oxygen atoms in total. The number of amides is 1. The summed E-state index contributed by atoms with van der Waals surface area (Å²) in [5.41, 5.74) is 1.05. The van der Waals surface area contributed by atoms with Gasteiger partial charge in [-0.3, -0.25) is 4.79 Å². The Morgan fingerprint density at radius 3 is 2.57 bits per heavy atom. The molecule has 0 saturated carbocycles. The Kier molecular flexibility index (Phi) is 4.93. The molecule has 0 saturated heterocycles. The Labute approximate surface area is 136 Å². The van der Waals surface area contributed by atoms with Crippen LogP contribution in [-0.4, -0.2) is 22.5 Å². The fraction of sp³-hybridized carbons (Fsp3) is 0.316. The second kappa shape index (κ2) is 7.29. The van der Waals surface area contributed by atoms with E-state index in [2.05, 4.69) is 0 Å². The predicted octanol–water partition coefficient (Wildman–Crippen LogP) is 3.31. The number of benzene rings is 1. The van der Waals surface area contributed by atoms with Crippen molar-refractivity contribution in [3.8, 4) is 0 Å². The highest BCUT2D eigenvalue weighted by Gasteiger charge is 2.27. The summed E-state index contributed by atoms with van der Waals surface area (Å²) in [6.07, 6.45) is 6.37. The molecule has 23 heavy (non-hydrogen) atoms. The minimum atomic E-state index is -0.813. The first-order chi connectivity index (χ1) is 11.2. The van der Waals surface area contributed by atoms with Gasteiger partial charge in [0.25, 0.3) is 0 Å². The average molecular weight is 311 g/mol. The molecule has 0 aliphatic heterocycles. The van der Waals surface area contributed by atoms with Gasteiger partial charge in [-0.25, -0.2) is 0 Å². The minimum Gasteiger partial charge on any atom is -0.467 e. The van der Waals surface area contributed by atoms with E-state index in [0.29, 0.717) is 12.3 Å². The Morgan fingerprint density at radius 2 is 1.91 bits per heavy atom. The van der Waals surface area contributed by atoms with Crippen LogP contribution in [0.5, 0.6) is 0 Å². The van der Waals surface area contributed by atoms with E-state index in [-0.39, 0.29) is 18.4 Å². The molecule has 2 aromatic rings. The molecule has 0 bridgehead atoms. The highest BCUT2D eigenvalue weighted by Crippen LogP contribution is 2.24. The topological polar surface area (TPSA) is 53.7 Å². The van der Waals surface area contributed by atoms with Crippen LogP contribution in [0.15, 0.2) is 65.3 Å². The fourth-order valence-corrected chi connectivity index (χ4v) is 2.89. The van der Waals surface area contributed by atoms with Crippen LogP contribution in [0.25, 0.3) is 0 Å². The molecule has 0 fully saturated rings. The number of hydrogen-bond donors (Lipinski definition) is 1. The van der Waals surface area contributed by atoms with Crippen LogP contribution in [0.2, 0.25) is 0 Å². The van der Waals surface area contributed by atoms with E-state index < -0.39 is 6.10 Å². The van der Waals surface area contributed by atoms with Gasteiger partial charge in [0.2, 0.25) is 5.91 Å². The quantitative estimate of drug-likeness (QED) is 0.833. The molecule has 120 valence electrons. The molecule has 0 spiro atoms. The number of nitrogens with zero attached hydrogens (tertiary/aromatic N) is 1. The van der Waals surface area contributed by atoms with Crippen LogP contribution in [0.1, 0.15) is 30.3 Å². The van der Waals surface area contributed by atoms with Gasteiger partial charge in [-0.15, -0.1) is 0 Å². The number of hydrogen-bond acceptors (Lipinski definition) is 3. The van der Waals surface area contributed by atoms with Crippen LogP contribution < -0.4 is 0 Å². The van der Waals surface area contributed by atoms with Crippen molar-refractivity contribution in [2.45, 2.75) is 25.5 Å². The third kappa shape index (κ3) is 3.90. The van der Waals surface area contributed by atoms with E-state index in [1.807, 2.05) is 42.5 Å². The molecule has 1 aromatic carbocycles. The number of carbonyl (C=O) groups is 1. The van der Waals surface area contributed by atoms with Crippen LogP contribution in [0.4, 0.5) is 0 Å². The predicted molar refractivity (Wildman–Crippen MR) is 87.4 cm³/mol. The Hall–Kier alpha value is -2.33. The molecule has 3 rings (SSSR count). The summed E-state index contributed by atoms with van der Waals surface area (Å²) in [6.45, 7) is 0.728. The molecule has 4 heteroatoms. The summed E-state index contributed by atoms with van der Waals surface area (Å²) in [5.74, 6) is 0.562. The van der Waals surface area contributed by atoms with E-state index >= 15 is 0 Å². The summed E-state index contributed by atoms with van der Waals surface area (Å²) in [6, 6.07) is 13.3. The number of aliphatic hydroxyl groups excluding tert-OH is 1. The zero-order chi connectivity index (χ0) is 16.1. The summed E-state index contributed by atoms with van der Waals surface area (Å²) in [7, 11) is 0. The lowest BCUT2D eigenvalue weighted by Gasteiger charge is -2.27. The van der Waals surface area contributed by atoms with E-state index in [1.165, 1.54) is 6.26 Å². The third-order valence-electron chi connectivity index (χ3n) is 4.15. The SMILES string of the molecule is O=C(C1CC=CC1)N(Cc1ccccc1)CC(O)c1ccco1. The highest BCUT2D eigenvalue weighted by atomic mass is 16.4. The van der Waals surface area contributed by atoms with E-state index in [4.69, 9.17) is 4.42 Å². The van der Waals surface area contributed by atoms with Gasteiger partial charge in [-0.1, -0.05) is 42.5 Å². The van der Waals surface area contributed by atoms with Gasteiger partial charge in [0.15, 0.2) is 0 Å². The molecule has 1 aliphatic rings. The summed E-state index contributed by atoms with van der Waals surface area (Å²) in [5, 5.41) is 10.3. The molecule has 1 atom stereocenters. The molecule has 1 aliphatic carbocycles. The number of furan rings is 1. The van der Waals surface area contributed by atoms with Gasteiger partial charge in [-0.2, -0.15) is 0 Å². The monoisotopic (exact) mass is 311 g/mol. The largest absolute Gasteiger partial charge is 0.467 e. The summed E-state index contributed by atoms with van der Waals surface area (Å²) < 4.78 is 5.25. The molecular formula is C19H21NO3. The van der Waals surface area contributed by atoms with Crippen molar-refractivity contribution in [3.05, 3.63) is 72.2 Å². The Morgan fingerprint density at radius 1 is 1.17 bits per heavy atom. The van der Waals surface area contributed by atoms with Gasteiger partial charge in [-0.05, 0) is 30.5 Å². The molecule has 1 N–H and O–H groups in total. The van der Waals surface area contributed by atoms with Crippen LogP contribution >= 0.6 is 0 Å². The molecule has 1 amide bonds. The lowest BCUT2D eigenvalue weighted by Crippen LogP contribution is -2.37. The second-order valence-electron chi connectivity index (χ2n) is 5.88. The first kappa shape index (κ1) is 15.6. The van der Waals surface area contributed by atoms with E-state index in [1.54, 1.807) is 17.0 Å². The first-order valence-electron chi connectivity index (χ1n) is 7.93. The van der Waals surface area contributed by atoms with Gasteiger partial charge >= 0.3 is 0 Å². The van der Waals surface area contributed by atoms with Crippen molar-refractivity contribution < 1.29 is 14.3 Å².